The first-order valence-corrected chi connectivity index (χ1v) is 9.99. The van der Waals surface area contributed by atoms with Crippen LogP contribution in [0.25, 0.3) is 11.4 Å². The number of tetrazole rings is 1. The third kappa shape index (κ3) is 4.58. The van der Waals surface area contributed by atoms with Gasteiger partial charge < -0.3 is 0 Å². The van der Waals surface area contributed by atoms with E-state index in [4.69, 9.17) is 0 Å². The van der Waals surface area contributed by atoms with Crippen LogP contribution in [0, 0.1) is 0 Å². The molecule has 0 atom stereocenters. The van der Waals surface area contributed by atoms with Gasteiger partial charge in [0, 0.05) is 11.1 Å². The molecule has 0 N–H and O–H groups in total. The molecule has 0 spiro atoms. The summed E-state index contributed by atoms with van der Waals surface area (Å²) in [6.07, 6.45) is 1.71. The fourth-order valence-corrected chi connectivity index (χ4v) is 3.86. The SMILES string of the molecule is O=C(Cn1nnc(-c2cccc(C(F)(F)F)c2)n1)c1ccc(C2CCCCC2)cc1. The van der Waals surface area contributed by atoms with E-state index in [1.54, 1.807) is 0 Å². The molecular formula is C22H21F3N4O. The molecule has 5 nitrogen and oxygen atoms in total. The highest BCUT2D eigenvalue weighted by Gasteiger charge is 2.30. The Balaban J connectivity index is 1.44. The van der Waals surface area contributed by atoms with Crippen LogP contribution >= 0.6 is 0 Å². The third-order valence-corrected chi connectivity index (χ3v) is 5.50. The summed E-state index contributed by atoms with van der Waals surface area (Å²) >= 11 is 0. The van der Waals surface area contributed by atoms with Crippen molar-refractivity contribution in [1.29, 1.82) is 0 Å². The molecule has 1 aliphatic carbocycles. The van der Waals surface area contributed by atoms with Crippen molar-refractivity contribution >= 4 is 5.78 Å². The number of hydrogen-bond acceptors (Lipinski definition) is 4. The Labute approximate surface area is 171 Å². The summed E-state index contributed by atoms with van der Waals surface area (Å²) in [7, 11) is 0. The average molecular weight is 414 g/mol. The number of alkyl halides is 3. The number of carbonyl (C=O) groups excluding carboxylic acids is 1. The minimum Gasteiger partial charge on any atom is -0.292 e. The van der Waals surface area contributed by atoms with Crippen molar-refractivity contribution in [3.05, 3.63) is 65.2 Å². The van der Waals surface area contributed by atoms with Crippen molar-refractivity contribution in [2.45, 2.75) is 50.7 Å². The van der Waals surface area contributed by atoms with Gasteiger partial charge >= 0.3 is 6.18 Å². The summed E-state index contributed by atoms with van der Waals surface area (Å²) in [4.78, 5) is 13.7. The summed E-state index contributed by atoms with van der Waals surface area (Å²) in [5.41, 5.74) is 1.22. The van der Waals surface area contributed by atoms with Crippen LogP contribution in [0.4, 0.5) is 13.2 Å². The van der Waals surface area contributed by atoms with Gasteiger partial charge in [0.15, 0.2) is 5.78 Å². The molecule has 1 heterocycles. The van der Waals surface area contributed by atoms with Crippen LogP contribution in [0.1, 0.15) is 59.5 Å². The van der Waals surface area contributed by atoms with E-state index in [0.29, 0.717) is 11.5 Å². The molecule has 0 bridgehead atoms. The number of halogens is 3. The fraction of sp³-hybridized carbons (Fsp3) is 0.364. The number of carbonyl (C=O) groups is 1. The predicted octanol–water partition coefficient (Wildman–Crippen LogP) is 5.29. The summed E-state index contributed by atoms with van der Waals surface area (Å²) in [5, 5.41) is 11.7. The Morgan fingerprint density at radius 1 is 1.03 bits per heavy atom. The minimum atomic E-state index is -4.45. The first kappa shape index (κ1) is 20.3. The number of nitrogens with zero attached hydrogens (tertiary/aromatic N) is 4. The smallest absolute Gasteiger partial charge is 0.292 e. The Morgan fingerprint density at radius 2 is 1.77 bits per heavy atom. The van der Waals surface area contributed by atoms with E-state index < -0.39 is 11.7 Å². The normalized spacial score (nSPS) is 15.3. The van der Waals surface area contributed by atoms with Crippen LogP contribution in [0.3, 0.4) is 0 Å². The molecule has 8 heteroatoms. The van der Waals surface area contributed by atoms with Gasteiger partial charge in [-0.1, -0.05) is 55.7 Å². The number of aromatic nitrogens is 4. The number of benzene rings is 2. The van der Waals surface area contributed by atoms with Gasteiger partial charge in [-0.25, -0.2) is 0 Å². The molecule has 2 aromatic carbocycles. The fourth-order valence-electron chi connectivity index (χ4n) is 3.86. The van der Waals surface area contributed by atoms with Gasteiger partial charge in [-0.2, -0.15) is 18.0 Å². The molecule has 0 unspecified atom stereocenters. The quantitative estimate of drug-likeness (QED) is 0.532. The van der Waals surface area contributed by atoms with Gasteiger partial charge in [-0.05, 0) is 41.7 Å². The lowest BCUT2D eigenvalue weighted by Gasteiger charge is -2.22. The summed E-state index contributed by atoms with van der Waals surface area (Å²) in [6.45, 7) is -0.130. The first-order chi connectivity index (χ1) is 14.4. The molecule has 0 radical (unpaired) electrons. The molecule has 0 aliphatic heterocycles. The third-order valence-electron chi connectivity index (χ3n) is 5.50. The first-order valence-electron chi connectivity index (χ1n) is 9.99. The zero-order valence-electron chi connectivity index (χ0n) is 16.3. The van der Waals surface area contributed by atoms with Crippen LogP contribution < -0.4 is 0 Å². The highest BCUT2D eigenvalue weighted by atomic mass is 19.4. The van der Waals surface area contributed by atoms with Gasteiger partial charge in [0.1, 0.15) is 6.54 Å². The van der Waals surface area contributed by atoms with E-state index in [2.05, 4.69) is 15.4 Å². The van der Waals surface area contributed by atoms with Crippen molar-refractivity contribution in [3.8, 4) is 11.4 Å². The summed E-state index contributed by atoms with van der Waals surface area (Å²) < 4.78 is 38.7. The van der Waals surface area contributed by atoms with Crippen molar-refractivity contribution in [2.24, 2.45) is 0 Å². The molecular weight excluding hydrogens is 393 g/mol. The standard InChI is InChI=1S/C22H21F3N4O/c23-22(24,25)19-8-4-7-18(13-19)21-26-28-29(27-21)14-20(30)17-11-9-16(10-12-17)15-5-2-1-3-6-15/h4,7-13,15H,1-3,5-6,14H2. The Morgan fingerprint density at radius 3 is 2.47 bits per heavy atom. The largest absolute Gasteiger partial charge is 0.416 e. The molecule has 1 aliphatic rings. The summed E-state index contributed by atoms with van der Waals surface area (Å²) in [5.74, 6) is 0.426. The maximum absolute atomic E-state index is 12.9. The Bertz CT molecular complexity index is 1020. The maximum atomic E-state index is 12.9. The van der Waals surface area contributed by atoms with E-state index >= 15 is 0 Å². The van der Waals surface area contributed by atoms with E-state index in [9.17, 15) is 18.0 Å². The lowest BCUT2D eigenvalue weighted by molar-refractivity contribution is -0.137. The van der Waals surface area contributed by atoms with E-state index in [1.807, 2.05) is 24.3 Å². The van der Waals surface area contributed by atoms with Gasteiger partial charge in [-0.15, -0.1) is 10.2 Å². The molecule has 1 fully saturated rings. The average Bonchev–Trinajstić information content (AvgIpc) is 3.22. The van der Waals surface area contributed by atoms with Gasteiger partial charge in [-0.3, -0.25) is 4.79 Å². The minimum absolute atomic E-state index is 0.0431. The van der Waals surface area contributed by atoms with Crippen LogP contribution in [0.2, 0.25) is 0 Å². The van der Waals surface area contributed by atoms with Crippen LogP contribution in [-0.4, -0.2) is 26.0 Å². The van der Waals surface area contributed by atoms with E-state index in [0.717, 1.165) is 16.9 Å². The second-order valence-corrected chi connectivity index (χ2v) is 7.60. The molecule has 156 valence electrons. The predicted molar refractivity (Wildman–Crippen MR) is 105 cm³/mol. The van der Waals surface area contributed by atoms with E-state index in [1.165, 1.54) is 49.8 Å². The number of Topliss-reactive ketones (excluding diaryl/α,β-unsaturated/α-hetero) is 1. The topological polar surface area (TPSA) is 60.7 Å². The van der Waals surface area contributed by atoms with Gasteiger partial charge in [0.25, 0.3) is 0 Å². The van der Waals surface area contributed by atoms with Crippen molar-refractivity contribution < 1.29 is 18.0 Å². The maximum Gasteiger partial charge on any atom is 0.416 e. The zero-order valence-corrected chi connectivity index (χ0v) is 16.3. The monoisotopic (exact) mass is 414 g/mol. The molecule has 0 saturated heterocycles. The lowest BCUT2D eigenvalue weighted by Crippen LogP contribution is -2.13. The Hall–Kier alpha value is -3.03. The second-order valence-electron chi connectivity index (χ2n) is 7.60. The van der Waals surface area contributed by atoms with Crippen LogP contribution in [0.5, 0.6) is 0 Å². The molecule has 1 saturated carbocycles. The van der Waals surface area contributed by atoms with E-state index in [-0.39, 0.29) is 23.7 Å². The van der Waals surface area contributed by atoms with Gasteiger partial charge in [0.2, 0.25) is 5.82 Å². The van der Waals surface area contributed by atoms with Crippen LogP contribution in [0.15, 0.2) is 48.5 Å². The highest BCUT2D eigenvalue weighted by molar-refractivity contribution is 5.95. The Kier molecular flexibility index (Phi) is 5.65. The lowest BCUT2D eigenvalue weighted by atomic mass is 9.84. The number of hydrogen-bond donors (Lipinski definition) is 0. The molecule has 1 aromatic heterocycles. The van der Waals surface area contributed by atoms with Crippen LogP contribution in [-0.2, 0) is 12.7 Å². The zero-order chi connectivity index (χ0) is 21.1. The highest BCUT2D eigenvalue weighted by Crippen LogP contribution is 2.33. The van der Waals surface area contributed by atoms with Crippen molar-refractivity contribution in [1.82, 2.24) is 20.2 Å². The second kappa shape index (κ2) is 8.38. The molecule has 4 rings (SSSR count). The van der Waals surface area contributed by atoms with Crippen molar-refractivity contribution in [2.75, 3.05) is 0 Å². The number of rotatable bonds is 5. The van der Waals surface area contributed by atoms with Crippen molar-refractivity contribution in [3.63, 3.8) is 0 Å². The summed E-state index contributed by atoms with van der Waals surface area (Å²) in [6, 6.07) is 12.4. The van der Waals surface area contributed by atoms with Gasteiger partial charge in [0.05, 0.1) is 5.56 Å². The molecule has 0 amide bonds. The number of ketones is 1. The molecule has 30 heavy (non-hydrogen) atoms. The molecule has 3 aromatic rings.